The molecule has 1 unspecified atom stereocenters. The zero-order valence-electron chi connectivity index (χ0n) is 8.99. The Morgan fingerprint density at radius 3 is 2.94 bits per heavy atom. The van der Waals surface area contributed by atoms with Crippen LogP contribution in [0.2, 0.25) is 0 Å². The smallest absolute Gasteiger partial charge is 0.271 e. The van der Waals surface area contributed by atoms with Gasteiger partial charge in [-0.05, 0) is 13.0 Å². The Hall–Kier alpha value is -2.37. The lowest BCUT2D eigenvalue weighted by molar-refractivity contribution is 0.0869. The number of nitrogens with zero attached hydrogens (tertiary/aromatic N) is 4. The van der Waals surface area contributed by atoms with Crippen molar-refractivity contribution in [2.75, 3.05) is 0 Å². The summed E-state index contributed by atoms with van der Waals surface area (Å²) in [4.78, 5) is 31.4. The highest BCUT2D eigenvalue weighted by Gasteiger charge is 2.30. The average Bonchev–Trinajstić information content (AvgIpc) is 2.32. The van der Waals surface area contributed by atoms with Crippen LogP contribution in [-0.4, -0.2) is 26.4 Å². The fourth-order valence-electron chi connectivity index (χ4n) is 1.77. The number of rotatable bonds is 0. The number of hydrogen-bond donors (Lipinski definition) is 0. The van der Waals surface area contributed by atoms with Crippen LogP contribution in [0.4, 0.5) is 5.95 Å². The molecule has 1 aromatic heterocycles. The maximum absolute atomic E-state index is 12.1. The Labute approximate surface area is 96.0 Å². The van der Waals surface area contributed by atoms with Gasteiger partial charge in [0.25, 0.3) is 17.4 Å². The minimum absolute atomic E-state index is 0.0526. The lowest BCUT2D eigenvalue weighted by atomic mass is 9.96. The molecule has 0 saturated carbocycles. The van der Waals surface area contributed by atoms with E-state index in [-0.39, 0.29) is 17.5 Å². The molecule has 1 aliphatic carbocycles. The van der Waals surface area contributed by atoms with Gasteiger partial charge in [0.05, 0.1) is 5.71 Å². The molecule has 0 N–H and O–H groups in total. The normalized spacial score (nSPS) is 20.9. The third kappa shape index (κ3) is 1.37. The highest BCUT2D eigenvalue weighted by molar-refractivity contribution is 6.15. The first-order chi connectivity index (χ1) is 8.16. The zero-order chi connectivity index (χ0) is 12.0. The van der Waals surface area contributed by atoms with Crippen LogP contribution >= 0.6 is 0 Å². The van der Waals surface area contributed by atoms with Crippen molar-refractivity contribution in [3.8, 4) is 0 Å². The monoisotopic (exact) mass is 228 g/mol. The predicted molar refractivity (Wildman–Crippen MR) is 60.5 cm³/mol. The maximum Gasteiger partial charge on any atom is 0.296 e. The van der Waals surface area contributed by atoms with Gasteiger partial charge in [0.15, 0.2) is 0 Å². The third-order valence-electron chi connectivity index (χ3n) is 2.65. The molecule has 17 heavy (non-hydrogen) atoms. The van der Waals surface area contributed by atoms with Gasteiger partial charge in [0.2, 0.25) is 0 Å². The van der Waals surface area contributed by atoms with E-state index in [1.165, 1.54) is 6.92 Å². The summed E-state index contributed by atoms with van der Waals surface area (Å²) in [5.74, 6) is -0.610. The van der Waals surface area contributed by atoms with E-state index in [0.29, 0.717) is 5.71 Å². The molecule has 2 heterocycles. The predicted octanol–water partition coefficient (Wildman–Crippen LogP) is 0.415. The molecule has 2 aliphatic rings. The molecule has 84 valence electrons. The number of carbonyl (C=O) groups excluding carboxylic acids is 1. The van der Waals surface area contributed by atoms with Crippen molar-refractivity contribution in [3.05, 3.63) is 40.4 Å². The quantitative estimate of drug-likeness (QED) is 0.644. The summed E-state index contributed by atoms with van der Waals surface area (Å²) in [5, 5.41) is 3.91. The second-order valence-corrected chi connectivity index (χ2v) is 3.81. The van der Waals surface area contributed by atoms with Gasteiger partial charge in [-0.15, -0.1) is 0 Å². The van der Waals surface area contributed by atoms with E-state index in [1.54, 1.807) is 24.3 Å². The van der Waals surface area contributed by atoms with E-state index >= 15 is 0 Å². The van der Waals surface area contributed by atoms with Crippen molar-refractivity contribution < 1.29 is 4.79 Å². The van der Waals surface area contributed by atoms with E-state index in [2.05, 4.69) is 15.1 Å². The number of aromatic nitrogens is 3. The lowest BCUT2D eigenvalue weighted by Crippen LogP contribution is -2.35. The summed E-state index contributed by atoms with van der Waals surface area (Å²) in [7, 11) is 0. The number of hydrogen-bond acceptors (Lipinski definition) is 5. The fourth-order valence-corrected chi connectivity index (χ4v) is 1.77. The molecule has 0 fully saturated rings. The summed E-state index contributed by atoms with van der Waals surface area (Å²) in [6.45, 7) is 1.52. The minimum Gasteiger partial charge on any atom is -0.271 e. The van der Waals surface area contributed by atoms with Crippen molar-refractivity contribution in [2.24, 2.45) is 10.9 Å². The molecule has 0 spiro atoms. The van der Waals surface area contributed by atoms with Crippen LogP contribution in [0, 0.1) is 12.8 Å². The van der Waals surface area contributed by atoms with E-state index in [9.17, 15) is 9.59 Å². The molecule has 0 bridgehead atoms. The summed E-state index contributed by atoms with van der Waals surface area (Å²) in [5.41, 5.74) is 0.327. The molecule has 6 nitrogen and oxygen atoms in total. The Kier molecular flexibility index (Phi) is 1.91. The number of allylic oxidation sites excluding steroid dienone is 4. The number of carbonyl (C=O) groups is 1. The largest absolute Gasteiger partial charge is 0.296 e. The van der Waals surface area contributed by atoms with Gasteiger partial charge >= 0.3 is 0 Å². The summed E-state index contributed by atoms with van der Waals surface area (Å²) < 4.78 is 1.09. The highest BCUT2D eigenvalue weighted by atomic mass is 16.2. The van der Waals surface area contributed by atoms with Crippen LogP contribution in [0.1, 0.15) is 10.5 Å². The van der Waals surface area contributed by atoms with E-state index < -0.39 is 11.5 Å². The number of aryl methyl sites for hydroxylation is 1. The second kappa shape index (κ2) is 3.31. The standard InChI is InChI=1S/C11H8N4O2/c1-6-9(16)13-11-12-8-5-3-2-4-7(8)10(17)15(11)14-6/h2-5,7H,1H3. The van der Waals surface area contributed by atoms with Gasteiger partial charge in [0, 0.05) is 0 Å². The fraction of sp³-hybridized carbons (Fsp3) is 0.182. The molecule has 3 rings (SSSR count). The number of aliphatic imine (C=N–C) groups is 1. The molecule has 0 saturated heterocycles. The average molecular weight is 228 g/mol. The van der Waals surface area contributed by atoms with E-state index in [4.69, 9.17) is 0 Å². The van der Waals surface area contributed by atoms with Gasteiger partial charge in [-0.25, -0.2) is 4.99 Å². The molecular weight excluding hydrogens is 220 g/mol. The Bertz CT molecular complexity index is 667. The summed E-state index contributed by atoms with van der Waals surface area (Å²) in [6, 6.07) is 0. The summed E-state index contributed by atoms with van der Waals surface area (Å²) in [6.07, 6.45) is 7.06. The van der Waals surface area contributed by atoms with Gasteiger partial charge in [-0.2, -0.15) is 14.8 Å². The van der Waals surface area contributed by atoms with Crippen molar-refractivity contribution >= 4 is 17.6 Å². The van der Waals surface area contributed by atoms with Crippen LogP contribution in [0.5, 0.6) is 0 Å². The Balaban J connectivity index is 2.27. The molecule has 1 aliphatic heterocycles. The number of fused-ring (bicyclic) bond motifs is 2. The Morgan fingerprint density at radius 1 is 1.29 bits per heavy atom. The molecule has 0 amide bonds. The van der Waals surface area contributed by atoms with Crippen LogP contribution in [-0.2, 0) is 0 Å². The van der Waals surface area contributed by atoms with Crippen molar-refractivity contribution in [2.45, 2.75) is 6.92 Å². The van der Waals surface area contributed by atoms with E-state index in [1.807, 2.05) is 0 Å². The van der Waals surface area contributed by atoms with Gasteiger partial charge < -0.3 is 0 Å². The van der Waals surface area contributed by atoms with Crippen molar-refractivity contribution in [1.29, 1.82) is 0 Å². The van der Waals surface area contributed by atoms with Crippen LogP contribution in [0.3, 0.4) is 0 Å². The van der Waals surface area contributed by atoms with Gasteiger partial charge in [-0.1, -0.05) is 18.2 Å². The molecule has 1 atom stereocenters. The second-order valence-electron chi connectivity index (χ2n) is 3.81. The van der Waals surface area contributed by atoms with Crippen molar-refractivity contribution in [3.63, 3.8) is 0 Å². The molecule has 6 heteroatoms. The first kappa shape index (κ1) is 9.83. The lowest BCUT2D eigenvalue weighted by Gasteiger charge is -2.20. The first-order valence-electron chi connectivity index (χ1n) is 5.12. The maximum atomic E-state index is 12.1. The van der Waals surface area contributed by atoms with Gasteiger partial charge in [0.1, 0.15) is 11.6 Å². The third-order valence-corrected chi connectivity index (χ3v) is 2.65. The topological polar surface area (TPSA) is 77.2 Å². The van der Waals surface area contributed by atoms with E-state index in [0.717, 1.165) is 4.68 Å². The van der Waals surface area contributed by atoms with Gasteiger partial charge in [-0.3, -0.25) is 9.59 Å². The van der Waals surface area contributed by atoms with Crippen LogP contribution < -0.4 is 5.56 Å². The minimum atomic E-state index is -0.456. The highest BCUT2D eigenvalue weighted by Crippen LogP contribution is 2.22. The zero-order valence-corrected chi connectivity index (χ0v) is 8.99. The molecular formula is C11H8N4O2. The molecule has 0 aromatic carbocycles. The summed E-state index contributed by atoms with van der Waals surface area (Å²) >= 11 is 0. The molecule has 0 radical (unpaired) electrons. The Morgan fingerprint density at radius 2 is 2.12 bits per heavy atom. The van der Waals surface area contributed by atoms with Crippen LogP contribution in [0.15, 0.2) is 34.1 Å². The SMILES string of the molecule is Cc1nn2c(nc1=O)N=C1C=CC=CC1C2=O. The van der Waals surface area contributed by atoms with Crippen LogP contribution in [0.25, 0.3) is 0 Å². The van der Waals surface area contributed by atoms with Crippen molar-refractivity contribution in [1.82, 2.24) is 14.8 Å². The molecule has 1 aromatic rings. The first-order valence-corrected chi connectivity index (χ1v) is 5.12.